The molecule has 4 heteroatoms. The van der Waals surface area contributed by atoms with E-state index in [2.05, 4.69) is 5.32 Å². The molecule has 88 valence electrons. The average molecular weight is 223 g/mol. The van der Waals surface area contributed by atoms with E-state index < -0.39 is 0 Å². The van der Waals surface area contributed by atoms with Crippen LogP contribution < -0.4 is 14.8 Å². The summed E-state index contributed by atoms with van der Waals surface area (Å²) >= 11 is 0. The highest BCUT2D eigenvalue weighted by atomic mass is 16.5. The topological polar surface area (TPSA) is 50.7 Å². The predicted molar refractivity (Wildman–Crippen MR) is 61.0 cm³/mol. The third-order valence-electron chi connectivity index (χ3n) is 2.98. The molecule has 0 spiro atoms. The Bertz CT molecular complexity index is 362. The van der Waals surface area contributed by atoms with Gasteiger partial charge in [0.15, 0.2) is 0 Å². The molecule has 2 rings (SSSR count). The van der Waals surface area contributed by atoms with E-state index in [-0.39, 0.29) is 12.6 Å². The molecule has 0 saturated carbocycles. The van der Waals surface area contributed by atoms with Crippen molar-refractivity contribution in [2.24, 2.45) is 0 Å². The molecule has 0 saturated heterocycles. The smallest absolute Gasteiger partial charge is 0.126 e. The maximum atomic E-state index is 9.15. The Morgan fingerprint density at radius 1 is 1.38 bits per heavy atom. The van der Waals surface area contributed by atoms with Crippen LogP contribution in [-0.2, 0) is 13.0 Å². The summed E-state index contributed by atoms with van der Waals surface area (Å²) in [5, 5.41) is 12.4. The fraction of sp³-hybridized carbons (Fsp3) is 0.500. The highest BCUT2D eigenvalue weighted by molar-refractivity contribution is 5.48. The van der Waals surface area contributed by atoms with Gasteiger partial charge < -0.3 is 19.9 Å². The molecule has 16 heavy (non-hydrogen) atoms. The van der Waals surface area contributed by atoms with E-state index in [1.165, 1.54) is 11.1 Å². The van der Waals surface area contributed by atoms with Gasteiger partial charge in [-0.05, 0) is 18.1 Å². The summed E-state index contributed by atoms with van der Waals surface area (Å²) in [6.45, 7) is 0.892. The van der Waals surface area contributed by atoms with E-state index in [4.69, 9.17) is 14.6 Å². The molecule has 1 atom stereocenters. The van der Waals surface area contributed by atoms with Crippen molar-refractivity contribution in [2.45, 2.75) is 19.0 Å². The molecule has 1 aromatic carbocycles. The quantitative estimate of drug-likeness (QED) is 0.792. The van der Waals surface area contributed by atoms with Gasteiger partial charge in [0.2, 0.25) is 0 Å². The van der Waals surface area contributed by atoms with Crippen molar-refractivity contribution in [3.05, 3.63) is 23.3 Å². The highest BCUT2D eigenvalue weighted by Crippen LogP contribution is 2.31. The van der Waals surface area contributed by atoms with Crippen molar-refractivity contribution in [3.8, 4) is 11.5 Å². The van der Waals surface area contributed by atoms with Gasteiger partial charge in [-0.15, -0.1) is 0 Å². The lowest BCUT2D eigenvalue weighted by Gasteiger charge is -2.26. The molecular formula is C12H17NO3. The average Bonchev–Trinajstić information content (AvgIpc) is 2.36. The Hall–Kier alpha value is -1.26. The molecular weight excluding hydrogens is 206 g/mol. The van der Waals surface area contributed by atoms with E-state index in [9.17, 15) is 0 Å². The number of aliphatic hydroxyl groups is 1. The third kappa shape index (κ3) is 1.99. The molecule has 0 radical (unpaired) electrons. The van der Waals surface area contributed by atoms with Crippen molar-refractivity contribution in [1.29, 1.82) is 0 Å². The largest absolute Gasteiger partial charge is 0.497 e. The molecule has 4 nitrogen and oxygen atoms in total. The molecule has 0 fully saturated rings. The van der Waals surface area contributed by atoms with E-state index in [1.54, 1.807) is 14.2 Å². The number of benzene rings is 1. The van der Waals surface area contributed by atoms with E-state index in [0.717, 1.165) is 24.5 Å². The van der Waals surface area contributed by atoms with Crippen LogP contribution in [0.25, 0.3) is 0 Å². The molecule has 0 bridgehead atoms. The van der Waals surface area contributed by atoms with Crippen molar-refractivity contribution in [3.63, 3.8) is 0 Å². The second-order valence-electron chi connectivity index (χ2n) is 3.93. The number of ether oxygens (including phenoxy) is 2. The van der Waals surface area contributed by atoms with Crippen molar-refractivity contribution >= 4 is 0 Å². The highest BCUT2D eigenvalue weighted by Gasteiger charge is 2.21. The van der Waals surface area contributed by atoms with E-state index in [0.29, 0.717) is 0 Å². The van der Waals surface area contributed by atoms with Crippen LogP contribution in [0.2, 0.25) is 0 Å². The Kier molecular flexibility index (Phi) is 3.31. The predicted octanol–water partition coefficient (Wildman–Crippen LogP) is 0.710. The first-order valence-corrected chi connectivity index (χ1v) is 5.36. The Labute approximate surface area is 95.2 Å². The van der Waals surface area contributed by atoms with Gasteiger partial charge in [-0.3, -0.25) is 0 Å². The van der Waals surface area contributed by atoms with Crippen LogP contribution in [0.4, 0.5) is 0 Å². The SMILES string of the molecule is COc1cc2c(c(OC)c1)CC(CO)NC2. The first-order chi connectivity index (χ1) is 7.78. The van der Waals surface area contributed by atoms with Gasteiger partial charge in [0.05, 0.1) is 20.8 Å². The molecule has 0 aliphatic carbocycles. The zero-order valence-corrected chi connectivity index (χ0v) is 9.62. The Morgan fingerprint density at radius 2 is 2.19 bits per heavy atom. The maximum absolute atomic E-state index is 9.15. The summed E-state index contributed by atoms with van der Waals surface area (Å²) < 4.78 is 10.6. The summed E-state index contributed by atoms with van der Waals surface area (Å²) in [6, 6.07) is 4.02. The zero-order chi connectivity index (χ0) is 11.5. The summed E-state index contributed by atoms with van der Waals surface area (Å²) in [5.41, 5.74) is 2.35. The second kappa shape index (κ2) is 4.72. The number of hydrogen-bond donors (Lipinski definition) is 2. The Morgan fingerprint density at radius 3 is 2.81 bits per heavy atom. The lowest BCUT2D eigenvalue weighted by Crippen LogP contribution is -2.38. The monoisotopic (exact) mass is 223 g/mol. The van der Waals surface area contributed by atoms with Crippen LogP contribution in [-0.4, -0.2) is 32.0 Å². The molecule has 1 unspecified atom stereocenters. The molecule has 1 heterocycles. The lowest BCUT2D eigenvalue weighted by atomic mass is 9.95. The number of rotatable bonds is 3. The minimum absolute atomic E-state index is 0.120. The number of aliphatic hydroxyl groups excluding tert-OH is 1. The summed E-state index contributed by atoms with van der Waals surface area (Å²) in [5.74, 6) is 1.65. The van der Waals surface area contributed by atoms with Crippen LogP contribution in [0, 0.1) is 0 Å². The van der Waals surface area contributed by atoms with Gasteiger partial charge in [0.1, 0.15) is 11.5 Å². The number of fused-ring (bicyclic) bond motifs is 1. The van der Waals surface area contributed by atoms with Crippen molar-refractivity contribution < 1.29 is 14.6 Å². The standard InChI is InChI=1S/C12H17NO3/c1-15-10-3-8-6-13-9(7-14)4-11(8)12(5-10)16-2/h3,5,9,13-14H,4,6-7H2,1-2H3. The summed E-state index contributed by atoms with van der Waals surface area (Å²) in [4.78, 5) is 0. The lowest BCUT2D eigenvalue weighted by molar-refractivity contribution is 0.234. The first-order valence-electron chi connectivity index (χ1n) is 5.36. The van der Waals surface area contributed by atoms with Crippen molar-refractivity contribution in [1.82, 2.24) is 5.32 Å². The second-order valence-corrected chi connectivity index (χ2v) is 3.93. The zero-order valence-electron chi connectivity index (χ0n) is 9.62. The number of hydrogen-bond acceptors (Lipinski definition) is 4. The summed E-state index contributed by atoms with van der Waals surface area (Å²) in [6.07, 6.45) is 0.791. The van der Waals surface area contributed by atoms with Crippen LogP contribution in [0.5, 0.6) is 11.5 Å². The fourth-order valence-electron chi connectivity index (χ4n) is 2.07. The molecule has 0 amide bonds. The molecule has 0 aromatic heterocycles. The van der Waals surface area contributed by atoms with E-state index in [1.807, 2.05) is 12.1 Å². The van der Waals surface area contributed by atoms with Gasteiger partial charge >= 0.3 is 0 Å². The van der Waals surface area contributed by atoms with Crippen LogP contribution in [0.15, 0.2) is 12.1 Å². The normalized spacial score (nSPS) is 19.1. The summed E-state index contributed by atoms with van der Waals surface area (Å²) in [7, 11) is 3.30. The first kappa shape index (κ1) is 11.2. The maximum Gasteiger partial charge on any atom is 0.126 e. The van der Waals surface area contributed by atoms with Gasteiger partial charge in [-0.25, -0.2) is 0 Å². The Balaban J connectivity index is 2.38. The van der Waals surface area contributed by atoms with Crippen LogP contribution >= 0.6 is 0 Å². The number of nitrogens with one attached hydrogen (secondary N) is 1. The fourth-order valence-corrected chi connectivity index (χ4v) is 2.07. The molecule has 1 aromatic rings. The van der Waals surface area contributed by atoms with Crippen molar-refractivity contribution in [2.75, 3.05) is 20.8 Å². The number of methoxy groups -OCH3 is 2. The van der Waals surface area contributed by atoms with Crippen LogP contribution in [0.1, 0.15) is 11.1 Å². The molecule has 1 aliphatic heterocycles. The third-order valence-corrected chi connectivity index (χ3v) is 2.98. The minimum Gasteiger partial charge on any atom is -0.497 e. The van der Waals surface area contributed by atoms with Gasteiger partial charge in [-0.2, -0.15) is 0 Å². The van der Waals surface area contributed by atoms with Gasteiger partial charge in [-0.1, -0.05) is 0 Å². The van der Waals surface area contributed by atoms with E-state index >= 15 is 0 Å². The minimum atomic E-state index is 0.120. The van der Waals surface area contributed by atoms with Crippen LogP contribution in [0.3, 0.4) is 0 Å². The van der Waals surface area contributed by atoms with Gasteiger partial charge in [0, 0.05) is 24.2 Å². The van der Waals surface area contributed by atoms with Gasteiger partial charge in [0.25, 0.3) is 0 Å². The molecule has 2 N–H and O–H groups in total. The molecule has 1 aliphatic rings.